The number of unbranched alkanes of at least 4 members (excludes halogenated alkanes) is 1. The predicted octanol–water partition coefficient (Wildman–Crippen LogP) is 3.60. The molecule has 0 aliphatic rings. The Labute approximate surface area is 123 Å². The van der Waals surface area contributed by atoms with E-state index in [1.165, 1.54) is 12.0 Å². The number of ether oxygens (including phenoxy) is 2. The average molecular weight is 279 g/mol. The molecule has 3 nitrogen and oxygen atoms in total. The third-order valence-corrected chi connectivity index (χ3v) is 3.56. The van der Waals surface area contributed by atoms with Gasteiger partial charge in [-0.05, 0) is 49.4 Å². The van der Waals surface area contributed by atoms with E-state index in [2.05, 4.69) is 43.4 Å². The van der Waals surface area contributed by atoms with E-state index >= 15 is 0 Å². The van der Waals surface area contributed by atoms with Crippen molar-refractivity contribution in [2.75, 3.05) is 33.4 Å². The maximum Gasteiger partial charge on any atom is 0.119 e. The number of hydrogen-bond donors (Lipinski definition) is 1. The summed E-state index contributed by atoms with van der Waals surface area (Å²) in [5.41, 5.74) is 1.39. The van der Waals surface area contributed by atoms with Crippen molar-refractivity contribution in [1.29, 1.82) is 0 Å². The van der Waals surface area contributed by atoms with Crippen LogP contribution in [0.3, 0.4) is 0 Å². The molecule has 1 atom stereocenters. The molecule has 1 aromatic rings. The minimum Gasteiger partial charge on any atom is -0.494 e. The molecule has 0 aliphatic heterocycles. The molecule has 1 rings (SSSR count). The molecule has 0 spiro atoms. The Morgan fingerprint density at radius 2 is 1.80 bits per heavy atom. The van der Waals surface area contributed by atoms with E-state index in [9.17, 15) is 0 Å². The molecular formula is C17H29NO2. The highest BCUT2D eigenvalue weighted by Crippen LogP contribution is 2.21. The summed E-state index contributed by atoms with van der Waals surface area (Å²) in [6.07, 6.45) is 3.39. The van der Waals surface area contributed by atoms with Crippen LogP contribution in [0.2, 0.25) is 0 Å². The summed E-state index contributed by atoms with van der Waals surface area (Å²) in [6.45, 7) is 7.99. The molecule has 1 N–H and O–H groups in total. The Morgan fingerprint density at radius 3 is 2.45 bits per heavy atom. The smallest absolute Gasteiger partial charge is 0.119 e. The SMILES string of the molecule is CCC(C)c1ccc(OCCCCNCCOC)cc1. The van der Waals surface area contributed by atoms with E-state index in [0.717, 1.165) is 44.9 Å². The summed E-state index contributed by atoms with van der Waals surface area (Å²) >= 11 is 0. The molecule has 0 bridgehead atoms. The zero-order valence-corrected chi connectivity index (χ0v) is 13.2. The Hall–Kier alpha value is -1.06. The molecule has 0 saturated heterocycles. The van der Waals surface area contributed by atoms with Gasteiger partial charge in [-0.2, -0.15) is 0 Å². The van der Waals surface area contributed by atoms with Crippen molar-refractivity contribution >= 4 is 0 Å². The molecule has 0 radical (unpaired) electrons. The van der Waals surface area contributed by atoms with Crippen LogP contribution in [0.4, 0.5) is 0 Å². The third-order valence-electron chi connectivity index (χ3n) is 3.56. The summed E-state index contributed by atoms with van der Waals surface area (Å²) in [5.74, 6) is 1.60. The van der Waals surface area contributed by atoms with Gasteiger partial charge >= 0.3 is 0 Å². The van der Waals surface area contributed by atoms with Gasteiger partial charge in [0.25, 0.3) is 0 Å². The van der Waals surface area contributed by atoms with Crippen molar-refractivity contribution in [3.63, 3.8) is 0 Å². The van der Waals surface area contributed by atoms with Crippen LogP contribution in [-0.2, 0) is 4.74 Å². The molecule has 20 heavy (non-hydrogen) atoms. The summed E-state index contributed by atoms with van der Waals surface area (Å²) < 4.78 is 10.7. The maximum absolute atomic E-state index is 5.75. The first-order chi connectivity index (χ1) is 9.77. The minimum absolute atomic E-state index is 0.627. The summed E-state index contributed by atoms with van der Waals surface area (Å²) in [6, 6.07) is 8.52. The minimum atomic E-state index is 0.627. The summed E-state index contributed by atoms with van der Waals surface area (Å²) in [7, 11) is 1.72. The second kappa shape index (κ2) is 10.7. The predicted molar refractivity (Wildman–Crippen MR) is 84.6 cm³/mol. The number of benzene rings is 1. The van der Waals surface area contributed by atoms with Crippen LogP contribution < -0.4 is 10.1 Å². The zero-order chi connectivity index (χ0) is 14.6. The normalized spacial score (nSPS) is 12.3. The van der Waals surface area contributed by atoms with Crippen molar-refractivity contribution in [2.24, 2.45) is 0 Å². The Balaban J connectivity index is 2.10. The summed E-state index contributed by atoms with van der Waals surface area (Å²) in [4.78, 5) is 0. The summed E-state index contributed by atoms with van der Waals surface area (Å²) in [5, 5.41) is 3.33. The van der Waals surface area contributed by atoms with Gasteiger partial charge in [0.15, 0.2) is 0 Å². The van der Waals surface area contributed by atoms with Crippen LogP contribution >= 0.6 is 0 Å². The van der Waals surface area contributed by atoms with Crippen molar-refractivity contribution in [3.05, 3.63) is 29.8 Å². The van der Waals surface area contributed by atoms with Gasteiger partial charge in [0.2, 0.25) is 0 Å². The standard InChI is InChI=1S/C17H29NO2/c1-4-15(2)16-7-9-17(10-8-16)20-13-6-5-11-18-12-14-19-3/h7-10,15,18H,4-6,11-14H2,1-3H3. The van der Waals surface area contributed by atoms with E-state index in [-0.39, 0.29) is 0 Å². The fraction of sp³-hybridized carbons (Fsp3) is 0.647. The topological polar surface area (TPSA) is 30.5 Å². The van der Waals surface area contributed by atoms with Crippen molar-refractivity contribution < 1.29 is 9.47 Å². The van der Waals surface area contributed by atoms with Gasteiger partial charge in [-0.3, -0.25) is 0 Å². The lowest BCUT2D eigenvalue weighted by Crippen LogP contribution is -2.20. The lowest BCUT2D eigenvalue weighted by Gasteiger charge is -2.11. The largest absolute Gasteiger partial charge is 0.494 e. The molecule has 1 aromatic carbocycles. The molecule has 0 amide bonds. The molecule has 0 fully saturated rings. The Morgan fingerprint density at radius 1 is 1.05 bits per heavy atom. The van der Waals surface area contributed by atoms with Gasteiger partial charge in [0, 0.05) is 13.7 Å². The average Bonchev–Trinajstić information content (AvgIpc) is 2.50. The second-order valence-corrected chi connectivity index (χ2v) is 5.18. The molecule has 3 heteroatoms. The van der Waals surface area contributed by atoms with E-state index in [1.807, 2.05) is 0 Å². The molecule has 0 aromatic heterocycles. The van der Waals surface area contributed by atoms with Gasteiger partial charge in [-0.1, -0.05) is 26.0 Å². The highest BCUT2D eigenvalue weighted by atomic mass is 16.5. The molecule has 0 heterocycles. The molecule has 0 aliphatic carbocycles. The van der Waals surface area contributed by atoms with E-state index in [1.54, 1.807) is 7.11 Å². The fourth-order valence-electron chi connectivity index (χ4n) is 1.97. The van der Waals surface area contributed by atoms with Crippen molar-refractivity contribution in [2.45, 2.75) is 39.0 Å². The number of nitrogens with one attached hydrogen (secondary N) is 1. The van der Waals surface area contributed by atoms with Crippen LogP contribution in [-0.4, -0.2) is 33.4 Å². The number of hydrogen-bond acceptors (Lipinski definition) is 3. The molecule has 0 saturated carbocycles. The van der Waals surface area contributed by atoms with E-state index in [4.69, 9.17) is 9.47 Å². The van der Waals surface area contributed by atoms with Gasteiger partial charge in [0.1, 0.15) is 5.75 Å². The van der Waals surface area contributed by atoms with E-state index < -0.39 is 0 Å². The lowest BCUT2D eigenvalue weighted by molar-refractivity contribution is 0.199. The van der Waals surface area contributed by atoms with Gasteiger partial charge in [0.05, 0.1) is 13.2 Å². The lowest BCUT2D eigenvalue weighted by atomic mass is 9.99. The number of rotatable bonds is 11. The Bertz CT molecular complexity index is 337. The van der Waals surface area contributed by atoms with Gasteiger partial charge in [-0.15, -0.1) is 0 Å². The zero-order valence-electron chi connectivity index (χ0n) is 13.2. The second-order valence-electron chi connectivity index (χ2n) is 5.18. The molecular weight excluding hydrogens is 250 g/mol. The van der Waals surface area contributed by atoms with Crippen molar-refractivity contribution in [1.82, 2.24) is 5.32 Å². The highest BCUT2D eigenvalue weighted by molar-refractivity contribution is 5.29. The van der Waals surface area contributed by atoms with Gasteiger partial charge in [-0.25, -0.2) is 0 Å². The Kier molecular flexibility index (Phi) is 9.09. The third kappa shape index (κ3) is 6.92. The quantitative estimate of drug-likeness (QED) is 0.628. The van der Waals surface area contributed by atoms with Crippen LogP contribution in [0, 0.1) is 0 Å². The monoisotopic (exact) mass is 279 g/mol. The first-order valence-corrected chi connectivity index (χ1v) is 7.70. The first-order valence-electron chi connectivity index (χ1n) is 7.70. The van der Waals surface area contributed by atoms with E-state index in [0.29, 0.717) is 5.92 Å². The maximum atomic E-state index is 5.75. The van der Waals surface area contributed by atoms with Crippen LogP contribution in [0.1, 0.15) is 44.6 Å². The molecule has 114 valence electrons. The van der Waals surface area contributed by atoms with Crippen LogP contribution in [0.5, 0.6) is 5.75 Å². The van der Waals surface area contributed by atoms with Crippen molar-refractivity contribution in [3.8, 4) is 5.75 Å². The first kappa shape index (κ1) is 17.0. The molecule has 1 unspecified atom stereocenters. The van der Waals surface area contributed by atoms with Gasteiger partial charge < -0.3 is 14.8 Å². The highest BCUT2D eigenvalue weighted by Gasteiger charge is 2.02. The van der Waals surface area contributed by atoms with Crippen LogP contribution in [0.25, 0.3) is 0 Å². The fourth-order valence-corrected chi connectivity index (χ4v) is 1.97. The van der Waals surface area contributed by atoms with Crippen LogP contribution in [0.15, 0.2) is 24.3 Å². The number of methoxy groups -OCH3 is 1.